The van der Waals surface area contributed by atoms with Gasteiger partial charge in [0.05, 0.1) is 5.52 Å². The number of carbonyl (C=O) groups excluding carboxylic acids is 1. The van der Waals surface area contributed by atoms with E-state index < -0.39 is 0 Å². The highest BCUT2D eigenvalue weighted by Gasteiger charge is 2.28. The van der Waals surface area contributed by atoms with Crippen LogP contribution in [0.1, 0.15) is 44.1 Å². The van der Waals surface area contributed by atoms with Crippen molar-refractivity contribution in [1.82, 2.24) is 4.98 Å². The summed E-state index contributed by atoms with van der Waals surface area (Å²) in [7, 11) is 0. The highest BCUT2D eigenvalue weighted by molar-refractivity contribution is 5.91. The molecule has 5 heteroatoms. The minimum atomic E-state index is -0.114. The standard InChI is InChI=1S/C27H30N2O3/c1-3-4-10-24(20-13-15-31-16-14-20)25-18-21-17-23(32-22-8-6-5-7-9-22)11-12-26(21)29-27(25)28-19(2)30/h3,5-9,11-12,17-18,20,24H,1,4,10,13-16H2,2H3,(H,28,29,30). The van der Waals surface area contributed by atoms with Crippen molar-refractivity contribution in [2.45, 2.75) is 38.5 Å². The lowest BCUT2D eigenvalue weighted by Gasteiger charge is -2.31. The summed E-state index contributed by atoms with van der Waals surface area (Å²) in [4.78, 5) is 16.8. The van der Waals surface area contributed by atoms with Gasteiger partial charge < -0.3 is 14.8 Å². The van der Waals surface area contributed by atoms with Crippen LogP contribution < -0.4 is 10.1 Å². The SMILES string of the molecule is C=CCCC(c1cc2cc(Oc3ccccc3)ccc2nc1NC(C)=O)C1CCOCC1. The second-order valence-electron chi connectivity index (χ2n) is 8.30. The van der Waals surface area contributed by atoms with E-state index in [0.717, 1.165) is 66.9 Å². The average molecular weight is 431 g/mol. The Morgan fingerprint density at radius 1 is 1.19 bits per heavy atom. The molecule has 1 fully saturated rings. The van der Waals surface area contributed by atoms with Crippen LogP contribution in [0.5, 0.6) is 11.5 Å². The maximum absolute atomic E-state index is 12.0. The molecular formula is C27H30N2O3. The molecule has 1 aliphatic heterocycles. The quantitative estimate of drug-likeness (QED) is 0.417. The van der Waals surface area contributed by atoms with Crippen molar-refractivity contribution in [2.75, 3.05) is 18.5 Å². The maximum atomic E-state index is 12.0. The number of pyridine rings is 1. The number of carbonyl (C=O) groups is 1. The Labute approximate surface area is 189 Å². The summed E-state index contributed by atoms with van der Waals surface area (Å²) >= 11 is 0. The Hall–Kier alpha value is -3.18. The first-order chi connectivity index (χ1) is 15.6. The van der Waals surface area contributed by atoms with Gasteiger partial charge >= 0.3 is 0 Å². The lowest BCUT2D eigenvalue weighted by atomic mass is 9.78. The molecule has 3 aromatic rings. The molecule has 2 heterocycles. The zero-order valence-corrected chi connectivity index (χ0v) is 18.5. The summed E-state index contributed by atoms with van der Waals surface area (Å²) in [6.07, 6.45) is 5.86. The molecule has 0 spiro atoms. The van der Waals surface area contributed by atoms with Crippen LogP contribution in [0.25, 0.3) is 10.9 Å². The number of aromatic nitrogens is 1. The number of nitrogens with one attached hydrogen (secondary N) is 1. The Bertz CT molecular complexity index is 1070. The second-order valence-corrected chi connectivity index (χ2v) is 8.30. The molecule has 1 N–H and O–H groups in total. The van der Waals surface area contributed by atoms with Crippen molar-refractivity contribution in [3.05, 3.63) is 72.8 Å². The Balaban J connectivity index is 1.75. The van der Waals surface area contributed by atoms with Crippen molar-refractivity contribution in [1.29, 1.82) is 0 Å². The number of hydrogen-bond donors (Lipinski definition) is 1. The smallest absolute Gasteiger partial charge is 0.222 e. The third kappa shape index (κ3) is 5.35. The van der Waals surface area contributed by atoms with Crippen LogP contribution in [-0.2, 0) is 9.53 Å². The van der Waals surface area contributed by atoms with E-state index in [9.17, 15) is 4.79 Å². The van der Waals surface area contributed by atoms with Gasteiger partial charge in [0.15, 0.2) is 0 Å². The number of anilines is 1. The van der Waals surface area contributed by atoms with Gasteiger partial charge in [0.1, 0.15) is 17.3 Å². The fourth-order valence-electron chi connectivity index (χ4n) is 4.47. The first-order valence-corrected chi connectivity index (χ1v) is 11.3. The van der Waals surface area contributed by atoms with E-state index in [1.165, 1.54) is 6.92 Å². The largest absolute Gasteiger partial charge is 0.457 e. The van der Waals surface area contributed by atoms with Crippen molar-refractivity contribution in [2.24, 2.45) is 5.92 Å². The van der Waals surface area contributed by atoms with E-state index in [1.807, 2.05) is 54.6 Å². The van der Waals surface area contributed by atoms with Gasteiger partial charge in [-0.2, -0.15) is 0 Å². The van der Waals surface area contributed by atoms with Gasteiger partial charge in [0.2, 0.25) is 5.91 Å². The fraction of sp³-hybridized carbons (Fsp3) is 0.333. The fourth-order valence-corrected chi connectivity index (χ4v) is 4.47. The maximum Gasteiger partial charge on any atom is 0.222 e. The average Bonchev–Trinajstić information content (AvgIpc) is 2.80. The Kier molecular flexibility index (Phi) is 7.17. The van der Waals surface area contributed by atoms with Crippen LogP contribution in [0.3, 0.4) is 0 Å². The van der Waals surface area contributed by atoms with Crippen LogP contribution in [0.4, 0.5) is 5.82 Å². The van der Waals surface area contributed by atoms with Crippen LogP contribution >= 0.6 is 0 Å². The van der Waals surface area contributed by atoms with Crippen LogP contribution in [0.15, 0.2) is 67.3 Å². The molecule has 0 bridgehead atoms. The monoisotopic (exact) mass is 430 g/mol. The number of amides is 1. The number of nitrogens with zero attached hydrogens (tertiary/aromatic N) is 1. The number of para-hydroxylation sites is 1. The van der Waals surface area contributed by atoms with Crippen molar-refractivity contribution < 1.29 is 14.3 Å². The lowest BCUT2D eigenvalue weighted by Crippen LogP contribution is -2.23. The van der Waals surface area contributed by atoms with E-state index in [0.29, 0.717) is 11.7 Å². The number of rotatable bonds is 8. The molecule has 0 saturated carbocycles. The van der Waals surface area contributed by atoms with E-state index in [2.05, 4.69) is 18.0 Å². The van der Waals surface area contributed by atoms with Crippen LogP contribution in [-0.4, -0.2) is 24.1 Å². The van der Waals surface area contributed by atoms with Gasteiger partial charge in [-0.15, -0.1) is 6.58 Å². The molecule has 5 nitrogen and oxygen atoms in total. The lowest BCUT2D eigenvalue weighted by molar-refractivity contribution is -0.114. The summed E-state index contributed by atoms with van der Waals surface area (Å²) < 4.78 is 11.6. The first-order valence-electron chi connectivity index (χ1n) is 11.3. The van der Waals surface area contributed by atoms with Crippen LogP contribution in [0, 0.1) is 5.92 Å². The molecule has 0 aliphatic carbocycles. The molecule has 1 aliphatic rings. The highest BCUT2D eigenvalue weighted by atomic mass is 16.5. The molecule has 1 aromatic heterocycles. The molecule has 1 saturated heterocycles. The van der Waals surface area contributed by atoms with Gasteiger partial charge in [-0.05, 0) is 79.5 Å². The normalized spacial score (nSPS) is 15.3. The number of benzene rings is 2. The molecule has 166 valence electrons. The number of hydrogen-bond acceptors (Lipinski definition) is 4. The van der Waals surface area contributed by atoms with E-state index >= 15 is 0 Å². The third-order valence-electron chi connectivity index (χ3n) is 6.01. The van der Waals surface area contributed by atoms with Gasteiger partial charge in [-0.1, -0.05) is 24.3 Å². The van der Waals surface area contributed by atoms with Gasteiger partial charge in [-0.25, -0.2) is 4.98 Å². The molecular weight excluding hydrogens is 400 g/mol. The second kappa shape index (κ2) is 10.4. The zero-order valence-electron chi connectivity index (χ0n) is 18.5. The predicted molar refractivity (Wildman–Crippen MR) is 128 cm³/mol. The molecule has 0 radical (unpaired) electrons. The highest BCUT2D eigenvalue weighted by Crippen LogP contribution is 2.40. The van der Waals surface area contributed by atoms with Gasteiger partial charge in [-0.3, -0.25) is 4.79 Å². The van der Waals surface area contributed by atoms with E-state index in [-0.39, 0.29) is 11.8 Å². The van der Waals surface area contributed by atoms with Gasteiger partial charge in [0.25, 0.3) is 0 Å². The Morgan fingerprint density at radius 2 is 1.97 bits per heavy atom. The Morgan fingerprint density at radius 3 is 2.69 bits per heavy atom. The third-order valence-corrected chi connectivity index (χ3v) is 6.01. The molecule has 4 rings (SSSR count). The summed E-state index contributed by atoms with van der Waals surface area (Å²) in [6.45, 7) is 7.00. The first kappa shape index (κ1) is 22.0. The summed E-state index contributed by atoms with van der Waals surface area (Å²) in [5.41, 5.74) is 1.91. The van der Waals surface area contributed by atoms with Crippen molar-refractivity contribution >= 4 is 22.6 Å². The van der Waals surface area contributed by atoms with Gasteiger partial charge in [0, 0.05) is 25.5 Å². The molecule has 1 unspecified atom stereocenters. The number of fused-ring (bicyclic) bond motifs is 1. The summed E-state index contributed by atoms with van der Waals surface area (Å²) in [5.74, 6) is 2.85. The minimum absolute atomic E-state index is 0.114. The molecule has 1 atom stereocenters. The predicted octanol–water partition coefficient (Wildman–Crippen LogP) is 6.46. The summed E-state index contributed by atoms with van der Waals surface area (Å²) in [5, 5.41) is 3.98. The number of allylic oxidation sites excluding steroid dienone is 1. The van der Waals surface area contributed by atoms with Crippen molar-refractivity contribution in [3.63, 3.8) is 0 Å². The van der Waals surface area contributed by atoms with Crippen LogP contribution in [0.2, 0.25) is 0 Å². The zero-order chi connectivity index (χ0) is 22.3. The molecule has 2 aromatic carbocycles. The topological polar surface area (TPSA) is 60.5 Å². The van der Waals surface area contributed by atoms with E-state index in [1.54, 1.807) is 0 Å². The molecule has 1 amide bonds. The molecule has 32 heavy (non-hydrogen) atoms. The van der Waals surface area contributed by atoms with E-state index in [4.69, 9.17) is 14.5 Å². The number of ether oxygens (including phenoxy) is 2. The summed E-state index contributed by atoms with van der Waals surface area (Å²) in [6, 6.07) is 17.8. The van der Waals surface area contributed by atoms with Crippen molar-refractivity contribution in [3.8, 4) is 11.5 Å². The minimum Gasteiger partial charge on any atom is -0.457 e.